The summed E-state index contributed by atoms with van der Waals surface area (Å²) in [5.74, 6) is -0.305. The first kappa shape index (κ1) is 11.8. The predicted octanol–water partition coefficient (Wildman–Crippen LogP) is 3.26. The van der Waals surface area contributed by atoms with Gasteiger partial charge in [0.25, 0.3) is 0 Å². The lowest BCUT2D eigenvalue weighted by atomic mass is 10.1. The van der Waals surface area contributed by atoms with Crippen molar-refractivity contribution in [3.8, 4) is 0 Å². The van der Waals surface area contributed by atoms with Gasteiger partial charge in [-0.1, -0.05) is 41.5 Å². The van der Waals surface area contributed by atoms with Gasteiger partial charge in [0.2, 0.25) is 0 Å². The van der Waals surface area contributed by atoms with Gasteiger partial charge in [0, 0.05) is 0 Å². The second kappa shape index (κ2) is 4.43. The molecular weight excluding hydrogens is 238 g/mol. The molecule has 3 nitrogen and oxygen atoms in total. The molecule has 19 heavy (non-hydrogen) atoms. The topological polar surface area (TPSA) is 35.1 Å². The van der Waals surface area contributed by atoms with Gasteiger partial charge in [-0.3, -0.25) is 4.57 Å². The summed E-state index contributed by atoms with van der Waals surface area (Å²) in [4.78, 5) is 11.9. The van der Waals surface area contributed by atoms with Crippen LogP contribution in [0.1, 0.15) is 16.7 Å². The summed E-state index contributed by atoms with van der Waals surface area (Å²) in [6, 6.07) is 13.8. The van der Waals surface area contributed by atoms with Gasteiger partial charge in [0.05, 0.1) is 12.1 Å². The van der Waals surface area contributed by atoms with Crippen LogP contribution in [0.5, 0.6) is 0 Å². The summed E-state index contributed by atoms with van der Waals surface area (Å²) >= 11 is 0. The Kier molecular flexibility index (Phi) is 2.75. The highest BCUT2D eigenvalue weighted by Gasteiger charge is 2.09. The van der Waals surface area contributed by atoms with Crippen molar-refractivity contribution in [2.24, 2.45) is 0 Å². The van der Waals surface area contributed by atoms with Crippen molar-refractivity contribution in [2.75, 3.05) is 0 Å². The zero-order valence-electron chi connectivity index (χ0n) is 11.0. The lowest BCUT2D eigenvalue weighted by molar-refractivity contribution is 0.517. The van der Waals surface area contributed by atoms with E-state index in [2.05, 4.69) is 32.0 Å². The molecule has 3 aromatic rings. The van der Waals surface area contributed by atoms with Crippen LogP contribution in [0.25, 0.3) is 11.1 Å². The summed E-state index contributed by atoms with van der Waals surface area (Å²) in [7, 11) is 0. The van der Waals surface area contributed by atoms with Crippen LogP contribution in [0.3, 0.4) is 0 Å². The lowest BCUT2D eigenvalue weighted by Crippen LogP contribution is -2.15. The zero-order chi connectivity index (χ0) is 13.4. The van der Waals surface area contributed by atoms with Crippen molar-refractivity contribution in [1.82, 2.24) is 4.57 Å². The highest BCUT2D eigenvalue weighted by molar-refractivity contribution is 5.72. The Balaban J connectivity index is 2.10. The molecule has 3 rings (SSSR count). The highest BCUT2D eigenvalue weighted by atomic mass is 16.4. The van der Waals surface area contributed by atoms with Gasteiger partial charge in [0.15, 0.2) is 5.58 Å². The number of benzene rings is 2. The number of hydrogen-bond donors (Lipinski definition) is 0. The number of aryl methyl sites for hydroxylation is 2. The Morgan fingerprint density at radius 3 is 2.47 bits per heavy atom. The Bertz CT molecular complexity index is 776. The second-order valence-electron chi connectivity index (χ2n) is 4.92. The van der Waals surface area contributed by atoms with E-state index in [1.54, 1.807) is 4.57 Å². The SMILES string of the molecule is Cc1cc(C)cc(Cn2c(=O)oc3ccccc32)c1. The summed E-state index contributed by atoms with van der Waals surface area (Å²) in [6.45, 7) is 4.66. The fourth-order valence-electron chi connectivity index (χ4n) is 2.51. The molecule has 0 N–H and O–H groups in total. The van der Waals surface area contributed by atoms with Crippen LogP contribution in [-0.2, 0) is 6.54 Å². The van der Waals surface area contributed by atoms with Gasteiger partial charge in [-0.15, -0.1) is 0 Å². The van der Waals surface area contributed by atoms with E-state index in [1.165, 1.54) is 11.1 Å². The minimum Gasteiger partial charge on any atom is -0.408 e. The van der Waals surface area contributed by atoms with Gasteiger partial charge in [-0.25, -0.2) is 4.79 Å². The zero-order valence-corrected chi connectivity index (χ0v) is 11.0. The average Bonchev–Trinajstić information content (AvgIpc) is 2.65. The highest BCUT2D eigenvalue weighted by Crippen LogP contribution is 2.15. The molecule has 0 unspecified atom stereocenters. The van der Waals surface area contributed by atoms with Crippen molar-refractivity contribution in [1.29, 1.82) is 0 Å². The summed E-state index contributed by atoms with van der Waals surface area (Å²) in [5.41, 5.74) is 5.00. The molecule has 96 valence electrons. The normalized spacial score (nSPS) is 11.1. The molecule has 0 aliphatic carbocycles. The Labute approximate surface area is 111 Å². The first-order valence-corrected chi connectivity index (χ1v) is 6.29. The molecular formula is C16H15NO2. The Morgan fingerprint density at radius 1 is 1.05 bits per heavy atom. The predicted molar refractivity (Wildman–Crippen MR) is 75.5 cm³/mol. The molecule has 0 fully saturated rings. The van der Waals surface area contributed by atoms with Gasteiger partial charge in [-0.05, 0) is 31.5 Å². The number of rotatable bonds is 2. The number of oxazole rings is 1. The van der Waals surface area contributed by atoms with E-state index < -0.39 is 0 Å². The van der Waals surface area contributed by atoms with Crippen molar-refractivity contribution in [2.45, 2.75) is 20.4 Å². The Morgan fingerprint density at radius 2 is 1.74 bits per heavy atom. The van der Waals surface area contributed by atoms with Crippen LogP contribution < -0.4 is 5.76 Å². The van der Waals surface area contributed by atoms with Crippen molar-refractivity contribution < 1.29 is 4.42 Å². The van der Waals surface area contributed by atoms with Crippen LogP contribution in [0.2, 0.25) is 0 Å². The molecule has 0 saturated carbocycles. The smallest absolute Gasteiger partial charge is 0.408 e. The molecule has 0 atom stereocenters. The van der Waals surface area contributed by atoms with Gasteiger partial charge < -0.3 is 4.42 Å². The minimum absolute atomic E-state index is 0.305. The molecule has 3 heteroatoms. The maximum atomic E-state index is 11.9. The van der Waals surface area contributed by atoms with E-state index in [1.807, 2.05) is 24.3 Å². The van der Waals surface area contributed by atoms with E-state index in [4.69, 9.17) is 4.42 Å². The van der Waals surface area contributed by atoms with E-state index >= 15 is 0 Å². The van der Waals surface area contributed by atoms with E-state index in [0.717, 1.165) is 11.1 Å². The molecule has 0 radical (unpaired) electrons. The minimum atomic E-state index is -0.305. The lowest BCUT2D eigenvalue weighted by Gasteiger charge is -2.05. The largest absolute Gasteiger partial charge is 0.420 e. The molecule has 0 saturated heterocycles. The quantitative estimate of drug-likeness (QED) is 0.702. The number of fused-ring (bicyclic) bond motifs is 1. The van der Waals surface area contributed by atoms with Gasteiger partial charge in [-0.2, -0.15) is 0 Å². The summed E-state index contributed by atoms with van der Waals surface area (Å²) in [6.07, 6.45) is 0. The molecule has 0 bridgehead atoms. The standard InChI is InChI=1S/C16H15NO2/c1-11-7-12(2)9-13(8-11)10-17-14-5-3-4-6-15(14)19-16(17)18/h3-9H,10H2,1-2H3. The number of hydrogen-bond acceptors (Lipinski definition) is 2. The summed E-state index contributed by atoms with van der Waals surface area (Å²) in [5, 5.41) is 0. The fourth-order valence-corrected chi connectivity index (χ4v) is 2.51. The van der Waals surface area contributed by atoms with Crippen LogP contribution >= 0.6 is 0 Å². The van der Waals surface area contributed by atoms with E-state index in [9.17, 15) is 4.79 Å². The molecule has 0 aliphatic rings. The first-order chi connectivity index (χ1) is 9.13. The van der Waals surface area contributed by atoms with Crippen LogP contribution in [0, 0.1) is 13.8 Å². The van der Waals surface area contributed by atoms with Crippen molar-refractivity contribution in [3.05, 3.63) is 69.7 Å². The summed E-state index contributed by atoms with van der Waals surface area (Å²) < 4.78 is 6.91. The fraction of sp³-hybridized carbons (Fsp3) is 0.188. The number of nitrogens with zero attached hydrogens (tertiary/aromatic N) is 1. The third kappa shape index (κ3) is 2.19. The van der Waals surface area contributed by atoms with Gasteiger partial charge in [0.1, 0.15) is 0 Å². The van der Waals surface area contributed by atoms with Crippen LogP contribution in [-0.4, -0.2) is 4.57 Å². The molecule has 0 amide bonds. The average molecular weight is 253 g/mol. The maximum Gasteiger partial charge on any atom is 0.420 e. The van der Waals surface area contributed by atoms with E-state index in [0.29, 0.717) is 12.1 Å². The Hall–Kier alpha value is -2.29. The molecule has 0 aliphatic heterocycles. The molecule has 2 aromatic carbocycles. The maximum absolute atomic E-state index is 11.9. The monoisotopic (exact) mass is 253 g/mol. The van der Waals surface area contributed by atoms with E-state index in [-0.39, 0.29) is 5.76 Å². The van der Waals surface area contributed by atoms with Crippen LogP contribution in [0.15, 0.2) is 51.7 Å². The van der Waals surface area contributed by atoms with Crippen molar-refractivity contribution in [3.63, 3.8) is 0 Å². The van der Waals surface area contributed by atoms with Crippen molar-refractivity contribution >= 4 is 11.1 Å². The molecule has 1 aromatic heterocycles. The molecule has 0 spiro atoms. The molecule has 1 heterocycles. The van der Waals surface area contributed by atoms with Gasteiger partial charge >= 0.3 is 5.76 Å². The third-order valence-corrected chi connectivity index (χ3v) is 3.20. The number of para-hydroxylation sites is 2. The third-order valence-electron chi connectivity index (χ3n) is 3.20. The first-order valence-electron chi connectivity index (χ1n) is 6.29. The number of aromatic nitrogens is 1. The second-order valence-corrected chi connectivity index (χ2v) is 4.92. The van der Waals surface area contributed by atoms with Crippen LogP contribution in [0.4, 0.5) is 0 Å².